The Morgan fingerprint density at radius 3 is 2.71 bits per heavy atom. The highest BCUT2D eigenvalue weighted by Gasteiger charge is 2.18. The van der Waals surface area contributed by atoms with E-state index in [0.717, 1.165) is 17.4 Å². The Morgan fingerprint density at radius 1 is 1.59 bits per heavy atom. The highest BCUT2D eigenvalue weighted by Crippen LogP contribution is 2.18. The summed E-state index contributed by atoms with van der Waals surface area (Å²) >= 11 is 0.856. The van der Waals surface area contributed by atoms with Gasteiger partial charge < -0.3 is 10.2 Å². The molecule has 8 heteroatoms. The van der Waals surface area contributed by atoms with Gasteiger partial charge >= 0.3 is 5.97 Å². The van der Waals surface area contributed by atoms with Gasteiger partial charge in [0.15, 0.2) is 0 Å². The molecule has 0 spiro atoms. The van der Waals surface area contributed by atoms with Crippen LogP contribution in [0.4, 0.5) is 0 Å². The normalized spacial score (nSPS) is 13.5. The fourth-order valence-electron chi connectivity index (χ4n) is 1.06. The van der Waals surface area contributed by atoms with E-state index in [4.69, 9.17) is 10.2 Å². The summed E-state index contributed by atoms with van der Waals surface area (Å²) in [5, 5.41) is 18.9. The number of carbonyl (C=O) groups is 1. The fourth-order valence-corrected chi connectivity index (χ4v) is 3.22. The van der Waals surface area contributed by atoms with Crippen molar-refractivity contribution in [1.82, 2.24) is 4.72 Å². The maximum Gasteiger partial charge on any atom is 0.345 e. The predicted molar refractivity (Wildman–Crippen MR) is 62.8 cm³/mol. The molecular formula is C9H13NO5S2. The number of thiophene rings is 1. The van der Waals surface area contributed by atoms with Crippen LogP contribution in [-0.2, 0) is 10.0 Å². The standard InChI is InChI=1S/C9H13NO5S2/c1-6(11)2-3-10-17(14,15)7-4-8(9(12)13)16-5-7/h4-6,10-11H,2-3H2,1H3,(H,12,13). The first-order chi connectivity index (χ1) is 7.83. The summed E-state index contributed by atoms with van der Waals surface area (Å²) in [5.74, 6) is -1.15. The van der Waals surface area contributed by atoms with Crippen molar-refractivity contribution >= 4 is 27.3 Å². The molecule has 0 amide bonds. The lowest BCUT2D eigenvalue weighted by molar-refractivity contribution is 0.0702. The summed E-state index contributed by atoms with van der Waals surface area (Å²) < 4.78 is 25.6. The zero-order valence-corrected chi connectivity index (χ0v) is 10.7. The van der Waals surface area contributed by atoms with Gasteiger partial charge in [-0.2, -0.15) is 0 Å². The molecule has 17 heavy (non-hydrogen) atoms. The van der Waals surface area contributed by atoms with Gasteiger partial charge in [0, 0.05) is 11.9 Å². The Kier molecular flexibility index (Phi) is 4.63. The van der Waals surface area contributed by atoms with Crippen LogP contribution in [-0.4, -0.2) is 37.2 Å². The van der Waals surface area contributed by atoms with Crippen LogP contribution in [0, 0.1) is 0 Å². The molecule has 0 bridgehead atoms. The second kappa shape index (κ2) is 5.58. The van der Waals surface area contributed by atoms with E-state index < -0.39 is 22.1 Å². The van der Waals surface area contributed by atoms with Crippen molar-refractivity contribution in [1.29, 1.82) is 0 Å². The highest BCUT2D eigenvalue weighted by molar-refractivity contribution is 7.89. The zero-order valence-electron chi connectivity index (χ0n) is 9.08. The number of carboxylic acids is 1. The van der Waals surface area contributed by atoms with Crippen molar-refractivity contribution in [2.45, 2.75) is 24.3 Å². The molecule has 6 nitrogen and oxygen atoms in total. The molecule has 0 aromatic carbocycles. The lowest BCUT2D eigenvalue weighted by Crippen LogP contribution is -2.26. The van der Waals surface area contributed by atoms with Gasteiger partial charge in [-0.15, -0.1) is 11.3 Å². The second-order valence-corrected chi connectivity index (χ2v) is 6.17. The van der Waals surface area contributed by atoms with E-state index in [0.29, 0.717) is 6.42 Å². The van der Waals surface area contributed by atoms with Crippen LogP contribution < -0.4 is 4.72 Å². The molecule has 0 radical (unpaired) electrons. The van der Waals surface area contributed by atoms with Crippen molar-refractivity contribution in [3.63, 3.8) is 0 Å². The number of aliphatic hydroxyl groups is 1. The average molecular weight is 279 g/mol. The van der Waals surface area contributed by atoms with Crippen molar-refractivity contribution in [2.75, 3.05) is 6.54 Å². The molecule has 0 saturated heterocycles. The molecule has 1 aromatic heterocycles. The van der Waals surface area contributed by atoms with Gasteiger partial charge in [0.2, 0.25) is 10.0 Å². The molecular weight excluding hydrogens is 266 g/mol. The molecule has 0 fully saturated rings. The topological polar surface area (TPSA) is 104 Å². The van der Waals surface area contributed by atoms with Crippen LogP contribution in [0.2, 0.25) is 0 Å². The number of aromatic carboxylic acids is 1. The first kappa shape index (κ1) is 14.1. The second-order valence-electron chi connectivity index (χ2n) is 3.49. The van der Waals surface area contributed by atoms with Crippen molar-refractivity contribution < 1.29 is 23.4 Å². The third kappa shape index (κ3) is 4.08. The van der Waals surface area contributed by atoms with Crippen LogP contribution in [0.15, 0.2) is 16.3 Å². The lowest BCUT2D eigenvalue weighted by Gasteiger charge is -2.06. The molecule has 3 N–H and O–H groups in total. The monoisotopic (exact) mass is 279 g/mol. The Hall–Kier alpha value is -0.960. The number of rotatable bonds is 6. The van der Waals surface area contributed by atoms with E-state index in [1.807, 2.05) is 0 Å². The average Bonchev–Trinajstić information content (AvgIpc) is 2.65. The minimum absolute atomic E-state index is 0.0269. The number of carboxylic acid groups (broad SMARTS) is 1. The Bertz CT molecular complexity index is 491. The summed E-state index contributed by atoms with van der Waals surface area (Å²) in [6, 6.07) is 1.11. The minimum Gasteiger partial charge on any atom is -0.477 e. The van der Waals surface area contributed by atoms with Crippen LogP contribution in [0.1, 0.15) is 23.0 Å². The molecule has 1 rings (SSSR count). The summed E-state index contributed by atoms with van der Waals surface area (Å²) in [6.45, 7) is 1.67. The first-order valence-electron chi connectivity index (χ1n) is 4.82. The third-order valence-corrected chi connectivity index (χ3v) is 4.46. The van der Waals surface area contributed by atoms with Gasteiger partial charge in [-0.3, -0.25) is 0 Å². The molecule has 0 aliphatic rings. The van der Waals surface area contributed by atoms with Crippen LogP contribution in [0.3, 0.4) is 0 Å². The zero-order chi connectivity index (χ0) is 13.1. The number of hydrogen-bond donors (Lipinski definition) is 3. The summed E-state index contributed by atoms with van der Waals surface area (Å²) in [7, 11) is -3.68. The predicted octanol–water partition coefficient (Wildman–Crippen LogP) is 0.496. The van der Waals surface area contributed by atoms with Crippen LogP contribution in [0.5, 0.6) is 0 Å². The number of sulfonamides is 1. The van der Waals surface area contributed by atoms with Crippen molar-refractivity contribution in [2.24, 2.45) is 0 Å². The molecule has 1 unspecified atom stereocenters. The third-order valence-electron chi connectivity index (χ3n) is 1.95. The Labute approximate surface area is 103 Å². The number of hydrogen-bond acceptors (Lipinski definition) is 5. The Morgan fingerprint density at radius 2 is 2.24 bits per heavy atom. The van der Waals surface area contributed by atoms with E-state index in [9.17, 15) is 13.2 Å². The maximum absolute atomic E-state index is 11.7. The van der Waals surface area contributed by atoms with Gasteiger partial charge in [-0.25, -0.2) is 17.9 Å². The molecule has 96 valence electrons. The highest BCUT2D eigenvalue weighted by atomic mass is 32.2. The minimum atomic E-state index is -3.68. The molecule has 0 saturated carbocycles. The Balaban J connectivity index is 2.72. The van der Waals surface area contributed by atoms with E-state index in [-0.39, 0.29) is 16.3 Å². The lowest BCUT2D eigenvalue weighted by atomic mass is 10.3. The van der Waals surface area contributed by atoms with Gasteiger partial charge in [-0.1, -0.05) is 0 Å². The van der Waals surface area contributed by atoms with Gasteiger partial charge in [0.05, 0.1) is 11.0 Å². The molecule has 1 heterocycles. The largest absolute Gasteiger partial charge is 0.477 e. The fraction of sp³-hybridized carbons (Fsp3) is 0.444. The van der Waals surface area contributed by atoms with Crippen LogP contribution in [0.25, 0.3) is 0 Å². The molecule has 0 aliphatic carbocycles. The van der Waals surface area contributed by atoms with E-state index in [1.165, 1.54) is 5.38 Å². The van der Waals surface area contributed by atoms with Crippen molar-refractivity contribution in [3.05, 3.63) is 16.3 Å². The van der Waals surface area contributed by atoms with Gasteiger partial charge in [-0.05, 0) is 19.4 Å². The molecule has 0 aliphatic heterocycles. The molecule has 1 atom stereocenters. The van der Waals surface area contributed by atoms with E-state index >= 15 is 0 Å². The smallest absolute Gasteiger partial charge is 0.345 e. The van der Waals surface area contributed by atoms with Gasteiger partial charge in [0.25, 0.3) is 0 Å². The number of aliphatic hydroxyl groups excluding tert-OH is 1. The summed E-state index contributed by atoms with van der Waals surface area (Å²) in [4.78, 5) is 10.5. The first-order valence-corrected chi connectivity index (χ1v) is 7.19. The van der Waals surface area contributed by atoms with Crippen molar-refractivity contribution in [3.8, 4) is 0 Å². The quantitative estimate of drug-likeness (QED) is 0.703. The SMILES string of the molecule is CC(O)CCNS(=O)(=O)c1csc(C(=O)O)c1. The number of nitrogens with one attached hydrogen (secondary N) is 1. The van der Waals surface area contributed by atoms with Crippen LogP contribution >= 0.6 is 11.3 Å². The van der Waals surface area contributed by atoms with Gasteiger partial charge in [0.1, 0.15) is 4.88 Å². The van der Waals surface area contributed by atoms with E-state index in [2.05, 4.69) is 4.72 Å². The maximum atomic E-state index is 11.7. The summed E-state index contributed by atoms with van der Waals surface area (Å²) in [5.41, 5.74) is 0. The summed E-state index contributed by atoms with van der Waals surface area (Å²) in [6.07, 6.45) is -0.287. The van der Waals surface area contributed by atoms with E-state index in [1.54, 1.807) is 6.92 Å². The molecule has 1 aromatic rings.